The molecule has 0 aliphatic carbocycles. The van der Waals surface area contributed by atoms with Crippen LogP contribution >= 0.6 is 0 Å². The Morgan fingerprint density at radius 3 is 2.22 bits per heavy atom. The van der Waals surface area contributed by atoms with Crippen LogP contribution in [0.15, 0.2) is 54.6 Å². The normalized spacial score (nSPS) is 11.1. The molecular formula is C29H38N2O. The molecular weight excluding hydrogens is 392 g/mol. The third-order valence-electron chi connectivity index (χ3n) is 6.09. The van der Waals surface area contributed by atoms with Gasteiger partial charge in [-0.05, 0) is 31.5 Å². The summed E-state index contributed by atoms with van der Waals surface area (Å²) in [5.41, 5.74) is 4.63. The fourth-order valence-corrected chi connectivity index (χ4v) is 4.23. The summed E-state index contributed by atoms with van der Waals surface area (Å²) in [6, 6.07) is 18.1. The van der Waals surface area contributed by atoms with Crippen molar-refractivity contribution in [1.82, 2.24) is 10.3 Å². The first-order valence-corrected chi connectivity index (χ1v) is 12.4. The summed E-state index contributed by atoms with van der Waals surface area (Å²) in [5.74, 6) is -0.00609. The SMILES string of the molecule is CCCCCCCCCCCCNC(=O)c1cc(-c2cccc(C)c2)nc2ccccc12. The summed E-state index contributed by atoms with van der Waals surface area (Å²) < 4.78 is 0. The Balaban J connectivity index is 1.52. The predicted octanol–water partition coefficient (Wildman–Crippen LogP) is 7.86. The smallest absolute Gasteiger partial charge is 0.252 e. The number of aryl methyl sites for hydroxylation is 1. The van der Waals surface area contributed by atoms with Crippen LogP contribution in [0.25, 0.3) is 22.2 Å². The first-order chi connectivity index (χ1) is 15.7. The van der Waals surface area contributed by atoms with Crippen LogP contribution in [0.3, 0.4) is 0 Å². The minimum atomic E-state index is -0.00609. The number of nitrogens with zero attached hydrogens (tertiary/aromatic N) is 1. The number of pyridine rings is 1. The number of carbonyl (C=O) groups excluding carboxylic acids is 1. The summed E-state index contributed by atoms with van der Waals surface area (Å²) in [6.07, 6.45) is 13.0. The maximum absolute atomic E-state index is 13.0. The number of hydrogen-bond acceptors (Lipinski definition) is 2. The fourth-order valence-electron chi connectivity index (χ4n) is 4.23. The van der Waals surface area contributed by atoms with Gasteiger partial charge in [-0.2, -0.15) is 0 Å². The molecule has 0 fully saturated rings. The van der Waals surface area contributed by atoms with Gasteiger partial charge in [0.15, 0.2) is 0 Å². The van der Waals surface area contributed by atoms with E-state index in [4.69, 9.17) is 4.98 Å². The van der Waals surface area contributed by atoms with Gasteiger partial charge in [0.25, 0.3) is 5.91 Å². The first kappa shape index (κ1) is 24.0. The fraction of sp³-hybridized carbons (Fsp3) is 0.448. The lowest BCUT2D eigenvalue weighted by molar-refractivity contribution is 0.0954. The summed E-state index contributed by atoms with van der Waals surface area (Å²) in [7, 11) is 0. The molecule has 0 spiro atoms. The molecule has 0 radical (unpaired) electrons. The molecule has 1 N–H and O–H groups in total. The molecule has 3 aromatic rings. The van der Waals surface area contributed by atoms with E-state index in [0.29, 0.717) is 5.56 Å². The number of amides is 1. The van der Waals surface area contributed by atoms with Crippen molar-refractivity contribution in [2.45, 2.75) is 78.1 Å². The molecule has 0 unspecified atom stereocenters. The van der Waals surface area contributed by atoms with Crippen LogP contribution < -0.4 is 5.32 Å². The van der Waals surface area contributed by atoms with Gasteiger partial charge >= 0.3 is 0 Å². The van der Waals surface area contributed by atoms with E-state index in [1.54, 1.807) is 0 Å². The van der Waals surface area contributed by atoms with Crippen LogP contribution in [-0.4, -0.2) is 17.4 Å². The van der Waals surface area contributed by atoms with Crippen LogP contribution in [0.1, 0.15) is 87.1 Å². The number of rotatable bonds is 13. The molecule has 3 heteroatoms. The Hall–Kier alpha value is -2.68. The van der Waals surface area contributed by atoms with Crippen molar-refractivity contribution < 1.29 is 4.79 Å². The van der Waals surface area contributed by atoms with Crippen LogP contribution in [0.5, 0.6) is 0 Å². The highest BCUT2D eigenvalue weighted by molar-refractivity contribution is 6.07. The van der Waals surface area contributed by atoms with E-state index >= 15 is 0 Å². The number of aromatic nitrogens is 1. The second kappa shape index (κ2) is 13.0. The van der Waals surface area contributed by atoms with E-state index < -0.39 is 0 Å². The molecule has 0 saturated heterocycles. The Morgan fingerprint density at radius 1 is 0.812 bits per heavy atom. The number of nitrogens with one attached hydrogen (secondary N) is 1. The van der Waals surface area contributed by atoms with Gasteiger partial charge in [-0.1, -0.05) is 107 Å². The number of carbonyl (C=O) groups is 1. The lowest BCUT2D eigenvalue weighted by Gasteiger charge is -2.11. The third kappa shape index (κ3) is 7.19. The van der Waals surface area contributed by atoms with Gasteiger partial charge in [-0.3, -0.25) is 4.79 Å². The van der Waals surface area contributed by atoms with Crippen LogP contribution in [0.4, 0.5) is 0 Å². The van der Waals surface area contributed by atoms with Gasteiger partial charge in [-0.25, -0.2) is 4.98 Å². The van der Waals surface area contributed by atoms with Crippen LogP contribution in [-0.2, 0) is 0 Å². The summed E-state index contributed by atoms with van der Waals surface area (Å²) in [5, 5.41) is 4.05. The van der Waals surface area contributed by atoms with E-state index in [1.807, 2.05) is 36.4 Å². The van der Waals surface area contributed by atoms with Gasteiger partial charge in [0.2, 0.25) is 0 Å². The highest BCUT2D eigenvalue weighted by Gasteiger charge is 2.13. The van der Waals surface area contributed by atoms with E-state index in [2.05, 4.69) is 37.4 Å². The number of benzene rings is 2. The highest BCUT2D eigenvalue weighted by Crippen LogP contribution is 2.25. The van der Waals surface area contributed by atoms with E-state index in [1.165, 1.54) is 63.4 Å². The van der Waals surface area contributed by atoms with Crippen molar-refractivity contribution in [1.29, 1.82) is 0 Å². The molecule has 3 nitrogen and oxygen atoms in total. The highest BCUT2D eigenvalue weighted by atomic mass is 16.1. The zero-order valence-corrected chi connectivity index (χ0v) is 19.8. The second-order valence-electron chi connectivity index (χ2n) is 8.88. The molecule has 2 aromatic carbocycles. The maximum Gasteiger partial charge on any atom is 0.252 e. The molecule has 1 heterocycles. The molecule has 170 valence electrons. The maximum atomic E-state index is 13.0. The minimum absolute atomic E-state index is 0.00609. The minimum Gasteiger partial charge on any atom is -0.352 e. The van der Waals surface area contributed by atoms with Gasteiger partial charge in [0.05, 0.1) is 16.8 Å². The van der Waals surface area contributed by atoms with E-state index in [0.717, 1.165) is 35.1 Å². The standard InChI is InChI=1S/C29H38N2O/c1-3-4-5-6-7-8-9-10-11-14-20-30-29(32)26-22-28(24-17-15-16-23(2)21-24)31-27-19-13-12-18-25(26)27/h12-13,15-19,21-22H,3-11,14,20H2,1-2H3,(H,30,32). The molecule has 1 aromatic heterocycles. The molecule has 0 atom stereocenters. The predicted molar refractivity (Wildman–Crippen MR) is 136 cm³/mol. The number of para-hydroxylation sites is 1. The molecule has 0 bridgehead atoms. The topological polar surface area (TPSA) is 42.0 Å². The van der Waals surface area contributed by atoms with Crippen LogP contribution in [0.2, 0.25) is 0 Å². The van der Waals surface area contributed by atoms with Gasteiger partial charge in [0.1, 0.15) is 0 Å². The first-order valence-electron chi connectivity index (χ1n) is 12.4. The Morgan fingerprint density at radius 2 is 1.50 bits per heavy atom. The number of fused-ring (bicyclic) bond motifs is 1. The van der Waals surface area contributed by atoms with Crippen molar-refractivity contribution in [3.63, 3.8) is 0 Å². The van der Waals surface area contributed by atoms with Crippen LogP contribution in [0, 0.1) is 6.92 Å². The summed E-state index contributed by atoms with van der Waals surface area (Å²) >= 11 is 0. The average molecular weight is 431 g/mol. The molecule has 32 heavy (non-hydrogen) atoms. The number of hydrogen-bond donors (Lipinski definition) is 1. The zero-order valence-electron chi connectivity index (χ0n) is 19.8. The van der Waals surface area contributed by atoms with E-state index in [9.17, 15) is 4.79 Å². The monoisotopic (exact) mass is 430 g/mol. The molecule has 1 amide bonds. The average Bonchev–Trinajstić information content (AvgIpc) is 2.81. The van der Waals surface area contributed by atoms with Crippen molar-refractivity contribution in [3.8, 4) is 11.3 Å². The van der Waals surface area contributed by atoms with Crippen molar-refractivity contribution in [3.05, 3.63) is 65.7 Å². The van der Waals surface area contributed by atoms with Crippen molar-refractivity contribution >= 4 is 16.8 Å². The molecule has 3 rings (SSSR count). The molecule has 0 aliphatic rings. The molecule has 0 saturated carbocycles. The van der Waals surface area contributed by atoms with Crippen molar-refractivity contribution in [2.75, 3.05) is 6.54 Å². The summed E-state index contributed by atoms with van der Waals surface area (Å²) in [6.45, 7) is 5.06. The van der Waals surface area contributed by atoms with Gasteiger partial charge in [-0.15, -0.1) is 0 Å². The second-order valence-corrected chi connectivity index (χ2v) is 8.88. The van der Waals surface area contributed by atoms with E-state index in [-0.39, 0.29) is 5.91 Å². The van der Waals surface area contributed by atoms with Gasteiger partial charge < -0.3 is 5.32 Å². The zero-order chi connectivity index (χ0) is 22.6. The largest absolute Gasteiger partial charge is 0.352 e. The Bertz CT molecular complexity index is 995. The molecule has 0 aliphatic heterocycles. The lowest BCUT2D eigenvalue weighted by atomic mass is 10.0. The Kier molecular flexibility index (Phi) is 9.74. The Labute approximate surface area is 193 Å². The lowest BCUT2D eigenvalue weighted by Crippen LogP contribution is -2.24. The number of unbranched alkanes of at least 4 members (excludes halogenated alkanes) is 9. The van der Waals surface area contributed by atoms with Crippen molar-refractivity contribution in [2.24, 2.45) is 0 Å². The third-order valence-corrected chi connectivity index (χ3v) is 6.09. The quantitative estimate of drug-likeness (QED) is 0.280. The summed E-state index contributed by atoms with van der Waals surface area (Å²) in [4.78, 5) is 17.8. The van der Waals surface area contributed by atoms with Gasteiger partial charge in [0, 0.05) is 17.5 Å².